The summed E-state index contributed by atoms with van der Waals surface area (Å²) >= 11 is 0. The van der Waals surface area contributed by atoms with Crippen LogP contribution in [0.3, 0.4) is 0 Å². The van der Waals surface area contributed by atoms with Crippen molar-refractivity contribution in [3.8, 4) is 0 Å². The van der Waals surface area contributed by atoms with Gasteiger partial charge in [-0.15, -0.1) is 0 Å². The molecule has 0 aliphatic rings. The number of rotatable bonds is 5. The smallest absolute Gasteiger partial charge is 0.325 e. The lowest BCUT2D eigenvalue weighted by Crippen LogP contribution is -2.49. The molecule has 7 heteroatoms. The topological polar surface area (TPSA) is 118 Å². The second kappa shape index (κ2) is 5.15. The van der Waals surface area contributed by atoms with Crippen molar-refractivity contribution in [2.24, 2.45) is 11.7 Å². The lowest BCUT2D eigenvalue weighted by atomic mass is 9.82. The lowest BCUT2D eigenvalue weighted by Gasteiger charge is -2.25. The predicted octanol–water partition coefficient (Wildman–Crippen LogP) is 0.354. The van der Waals surface area contributed by atoms with E-state index in [1.807, 2.05) is 0 Å². The van der Waals surface area contributed by atoms with Crippen molar-refractivity contribution in [3.63, 3.8) is 0 Å². The largest absolute Gasteiger partial charge is 0.480 e. The Morgan fingerprint density at radius 3 is 1.95 bits per heavy atom. The highest BCUT2D eigenvalue weighted by Crippen LogP contribution is 2.23. The number of aliphatic carboxylic acids is 2. The van der Waals surface area contributed by atoms with E-state index in [4.69, 9.17) is 15.9 Å². The highest BCUT2D eigenvalue weighted by Gasteiger charge is 2.43. The Kier molecular flexibility index (Phi) is 4.01. The molecule has 0 amide bonds. The molecule has 1 aromatic rings. The predicted molar refractivity (Wildman–Crippen MR) is 61.7 cm³/mol. The summed E-state index contributed by atoms with van der Waals surface area (Å²) in [5.74, 6) is -7.59. The molecule has 4 N–H and O–H groups in total. The first-order valence-electron chi connectivity index (χ1n) is 5.22. The minimum absolute atomic E-state index is 0.131. The monoisotopic (exact) mass is 269 g/mol. The minimum atomic E-state index is -2.26. The van der Waals surface area contributed by atoms with E-state index in [0.717, 1.165) is 12.1 Å². The van der Waals surface area contributed by atoms with Gasteiger partial charge in [0.2, 0.25) is 5.92 Å². The Balaban J connectivity index is 3.18. The van der Waals surface area contributed by atoms with Crippen LogP contribution >= 0.6 is 0 Å². The first-order valence-corrected chi connectivity index (χ1v) is 5.22. The van der Waals surface area contributed by atoms with Gasteiger partial charge in [0.05, 0.1) is 5.54 Å². The number of Topliss-reactive ketones (excluding diaryl/α,β-unsaturated/α-hetero) is 1. The second-order valence-electron chi connectivity index (χ2n) is 4.18. The van der Waals surface area contributed by atoms with E-state index in [1.165, 1.54) is 19.1 Å². The van der Waals surface area contributed by atoms with Crippen molar-refractivity contribution in [1.29, 1.82) is 0 Å². The van der Waals surface area contributed by atoms with E-state index in [0.29, 0.717) is 0 Å². The van der Waals surface area contributed by atoms with Crippen LogP contribution in [0.15, 0.2) is 24.3 Å². The fraction of sp³-hybridized carbons (Fsp3) is 0.250. The van der Waals surface area contributed by atoms with Crippen LogP contribution in [0.1, 0.15) is 12.5 Å². The molecule has 0 saturated carbocycles. The number of carbonyl (C=O) groups is 3. The van der Waals surface area contributed by atoms with Gasteiger partial charge in [0.25, 0.3) is 0 Å². The van der Waals surface area contributed by atoms with Gasteiger partial charge in [0.1, 0.15) is 5.82 Å². The highest BCUT2D eigenvalue weighted by molar-refractivity contribution is 6.16. The third-order valence-electron chi connectivity index (χ3n) is 2.71. The van der Waals surface area contributed by atoms with Crippen LogP contribution in [-0.2, 0) is 19.9 Å². The number of hydrogen-bond donors (Lipinski definition) is 3. The van der Waals surface area contributed by atoms with Crippen LogP contribution in [0.25, 0.3) is 0 Å². The van der Waals surface area contributed by atoms with Crippen molar-refractivity contribution in [2.75, 3.05) is 0 Å². The van der Waals surface area contributed by atoms with Crippen LogP contribution in [0.2, 0.25) is 0 Å². The number of carboxylic acids is 2. The molecular weight excluding hydrogens is 257 g/mol. The normalized spacial score (nSPS) is 13.9. The second-order valence-corrected chi connectivity index (χ2v) is 4.18. The molecule has 1 rings (SSSR count). The molecular formula is C12H12FNO5. The number of benzene rings is 1. The van der Waals surface area contributed by atoms with Crippen molar-refractivity contribution < 1.29 is 29.0 Å². The Bertz CT molecular complexity index is 509. The van der Waals surface area contributed by atoms with E-state index in [-0.39, 0.29) is 5.56 Å². The SMILES string of the molecule is CC(N)(C(=O)C(C(=O)O)C(=O)O)c1ccc(F)cc1. The Morgan fingerprint density at radius 2 is 1.58 bits per heavy atom. The van der Waals surface area contributed by atoms with Gasteiger partial charge < -0.3 is 15.9 Å². The van der Waals surface area contributed by atoms with Crippen molar-refractivity contribution in [3.05, 3.63) is 35.6 Å². The van der Waals surface area contributed by atoms with E-state index in [9.17, 15) is 18.8 Å². The molecule has 1 atom stereocenters. The summed E-state index contributed by atoms with van der Waals surface area (Å²) in [7, 11) is 0. The number of carbonyl (C=O) groups excluding carboxylic acids is 1. The van der Waals surface area contributed by atoms with Crippen molar-refractivity contribution in [2.45, 2.75) is 12.5 Å². The Hall–Kier alpha value is -2.28. The average Bonchev–Trinajstić information content (AvgIpc) is 2.28. The molecule has 0 spiro atoms. The standard InChI is InChI=1S/C12H12FNO5/c1-12(14,6-2-4-7(13)5-3-6)9(15)8(10(16)17)11(18)19/h2-5,8H,14H2,1H3,(H,16,17)(H,18,19). The van der Waals surface area contributed by atoms with E-state index in [2.05, 4.69) is 0 Å². The van der Waals surface area contributed by atoms with Crippen LogP contribution in [-0.4, -0.2) is 27.9 Å². The molecule has 6 nitrogen and oxygen atoms in total. The van der Waals surface area contributed by atoms with E-state index in [1.54, 1.807) is 0 Å². The molecule has 1 aromatic carbocycles. The molecule has 0 aliphatic heterocycles. The van der Waals surface area contributed by atoms with Gasteiger partial charge in [0.15, 0.2) is 5.78 Å². The van der Waals surface area contributed by atoms with Crippen molar-refractivity contribution in [1.82, 2.24) is 0 Å². The quantitative estimate of drug-likeness (QED) is 0.664. The van der Waals surface area contributed by atoms with Gasteiger partial charge in [-0.25, -0.2) is 4.39 Å². The molecule has 0 fully saturated rings. The fourth-order valence-electron chi connectivity index (χ4n) is 1.57. The molecule has 1 unspecified atom stereocenters. The zero-order chi connectivity index (χ0) is 14.8. The van der Waals surface area contributed by atoms with Gasteiger partial charge in [-0.3, -0.25) is 14.4 Å². The van der Waals surface area contributed by atoms with Gasteiger partial charge in [-0.05, 0) is 24.6 Å². The summed E-state index contributed by atoms with van der Waals surface area (Å²) < 4.78 is 12.8. The number of ketones is 1. The van der Waals surface area contributed by atoms with Gasteiger partial charge in [-0.1, -0.05) is 12.1 Å². The highest BCUT2D eigenvalue weighted by atomic mass is 19.1. The lowest BCUT2D eigenvalue weighted by molar-refractivity contribution is -0.159. The maximum Gasteiger partial charge on any atom is 0.325 e. The minimum Gasteiger partial charge on any atom is -0.480 e. The molecule has 0 aromatic heterocycles. The Labute approximate surface area is 107 Å². The van der Waals surface area contributed by atoms with Crippen molar-refractivity contribution >= 4 is 17.7 Å². The Morgan fingerprint density at radius 1 is 1.16 bits per heavy atom. The molecule has 0 radical (unpaired) electrons. The summed E-state index contributed by atoms with van der Waals surface area (Å²) in [4.78, 5) is 33.5. The number of hydrogen-bond acceptors (Lipinski definition) is 4. The molecule has 19 heavy (non-hydrogen) atoms. The van der Waals surface area contributed by atoms with E-state index >= 15 is 0 Å². The van der Waals surface area contributed by atoms with E-state index < -0.39 is 35.0 Å². The first-order chi connectivity index (χ1) is 8.67. The molecule has 0 aliphatic carbocycles. The first kappa shape index (κ1) is 14.8. The molecule has 0 saturated heterocycles. The third kappa shape index (κ3) is 2.94. The fourth-order valence-corrected chi connectivity index (χ4v) is 1.57. The van der Waals surface area contributed by atoms with Gasteiger partial charge in [0, 0.05) is 0 Å². The molecule has 0 heterocycles. The number of halogens is 1. The molecule has 0 bridgehead atoms. The molecule has 102 valence electrons. The maximum absolute atomic E-state index is 12.8. The summed E-state index contributed by atoms with van der Waals surface area (Å²) in [6.07, 6.45) is 0. The number of nitrogens with two attached hydrogens (primary N) is 1. The van der Waals surface area contributed by atoms with Crippen LogP contribution in [0.5, 0.6) is 0 Å². The maximum atomic E-state index is 12.8. The summed E-state index contributed by atoms with van der Waals surface area (Å²) in [5.41, 5.74) is 4.00. The summed E-state index contributed by atoms with van der Waals surface area (Å²) in [6.45, 7) is 1.18. The van der Waals surface area contributed by atoms with Crippen LogP contribution < -0.4 is 5.73 Å². The third-order valence-corrected chi connectivity index (χ3v) is 2.71. The van der Waals surface area contributed by atoms with Gasteiger partial charge >= 0.3 is 11.9 Å². The zero-order valence-corrected chi connectivity index (χ0v) is 9.96. The number of carboxylic acid groups (broad SMARTS) is 2. The average molecular weight is 269 g/mol. The van der Waals surface area contributed by atoms with Gasteiger partial charge in [-0.2, -0.15) is 0 Å². The summed E-state index contributed by atoms with van der Waals surface area (Å²) in [5, 5.41) is 17.5. The zero-order valence-electron chi connectivity index (χ0n) is 9.96. The van der Waals surface area contributed by atoms with Crippen LogP contribution in [0, 0.1) is 11.7 Å². The summed E-state index contributed by atoms with van der Waals surface area (Å²) in [6, 6.07) is 4.50. The van der Waals surface area contributed by atoms with Crippen LogP contribution in [0.4, 0.5) is 4.39 Å².